The maximum absolute atomic E-state index is 12.0. The number of benzene rings is 1. The van der Waals surface area contributed by atoms with Crippen LogP contribution >= 0.6 is 23.1 Å². The fourth-order valence-electron chi connectivity index (χ4n) is 4.91. The number of aromatic nitrogens is 3. The van der Waals surface area contributed by atoms with Gasteiger partial charge in [0.05, 0.1) is 47.1 Å². The molecule has 10 heteroatoms. The van der Waals surface area contributed by atoms with Crippen LogP contribution < -0.4 is 10.6 Å². The third-order valence-electron chi connectivity index (χ3n) is 7.21. The highest BCUT2D eigenvalue weighted by atomic mass is 32.2. The van der Waals surface area contributed by atoms with Crippen molar-refractivity contribution in [1.82, 2.24) is 20.1 Å². The molecule has 2 aliphatic carbocycles. The number of nitrogens with one attached hydrogen (secondary N) is 2. The Bertz CT molecular complexity index is 1260. The summed E-state index contributed by atoms with van der Waals surface area (Å²) in [6.07, 6.45) is 12.1. The van der Waals surface area contributed by atoms with Gasteiger partial charge in [-0.15, -0.1) is 23.1 Å². The molecule has 3 aliphatic rings. The van der Waals surface area contributed by atoms with E-state index in [0.29, 0.717) is 17.2 Å². The van der Waals surface area contributed by atoms with E-state index in [1.807, 2.05) is 47.8 Å². The van der Waals surface area contributed by atoms with Crippen molar-refractivity contribution in [3.63, 3.8) is 0 Å². The van der Waals surface area contributed by atoms with Crippen molar-refractivity contribution in [3.05, 3.63) is 41.8 Å². The summed E-state index contributed by atoms with van der Waals surface area (Å²) in [5.74, 6) is 0.450. The number of nitrogens with zero attached hydrogens (tertiary/aromatic N) is 3. The molecule has 202 valence electrons. The summed E-state index contributed by atoms with van der Waals surface area (Å²) in [4.78, 5) is 19.4. The molecule has 0 spiro atoms. The van der Waals surface area contributed by atoms with Crippen molar-refractivity contribution in [2.24, 2.45) is 0 Å². The van der Waals surface area contributed by atoms with Gasteiger partial charge in [-0.1, -0.05) is 6.07 Å². The lowest BCUT2D eigenvalue weighted by Crippen LogP contribution is -2.38. The van der Waals surface area contributed by atoms with Gasteiger partial charge in [-0.25, -0.2) is 9.78 Å². The Balaban J connectivity index is 1.12. The summed E-state index contributed by atoms with van der Waals surface area (Å²) < 4.78 is 12.5. The van der Waals surface area contributed by atoms with Gasteiger partial charge in [-0.2, -0.15) is 5.10 Å². The highest BCUT2D eigenvalue weighted by molar-refractivity contribution is 8.00. The molecule has 1 amide bonds. The summed E-state index contributed by atoms with van der Waals surface area (Å²) in [7, 11) is 0. The standard InChI is InChI=1S/C28H35N5O3S2/c1-17(2)36-28(34)32-19-5-3-18(4-6-19)27-29-13-26(38-27)24-10-7-20(11-25(24)37-23-8-9-23)31-21-12-30-33(14-21)22-15-35-16-22/h7,10-14,17-19,22-23,31H,3-6,8-9,15-16H2,1-2H3,(H,32,34). The normalized spacial score (nSPS) is 21.8. The van der Waals surface area contributed by atoms with Gasteiger partial charge in [-0.05, 0) is 64.5 Å². The number of anilines is 2. The number of alkyl carbamates (subject to hydrolysis) is 1. The average Bonchev–Trinajstić information content (AvgIpc) is 3.33. The predicted molar refractivity (Wildman–Crippen MR) is 152 cm³/mol. The molecule has 6 rings (SSSR count). The van der Waals surface area contributed by atoms with Crippen molar-refractivity contribution in [3.8, 4) is 10.4 Å². The lowest BCUT2D eigenvalue weighted by atomic mass is 9.86. The van der Waals surface area contributed by atoms with E-state index in [1.54, 1.807) is 0 Å². The van der Waals surface area contributed by atoms with Crippen molar-refractivity contribution in [2.45, 2.75) is 86.6 Å². The molecule has 1 aliphatic heterocycles. The number of ether oxygens (including phenoxy) is 2. The van der Waals surface area contributed by atoms with Crippen LogP contribution in [-0.2, 0) is 9.47 Å². The second-order valence-electron chi connectivity index (χ2n) is 10.8. The molecule has 1 aromatic carbocycles. The topological polar surface area (TPSA) is 90.3 Å². The van der Waals surface area contributed by atoms with Gasteiger partial charge >= 0.3 is 6.09 Å². The lowest BCUT2D eigenvalue weighted by molar-refractivity contribution is -0.0286. The summed E-state index contributed by atoms with van der Waals surface area (Å²) in [5, 5.41) is 13.0. The molecule has 0 unspecified atom stereocenters. The largest absolute Gasteiger partial charge is 0.447 e. The van der Waals surface area contributed by atoms with Crippen LogP contribution in [0.25, 0.3) is 10.4 Å². The third-order valence-corrected chi connectivity index (χ3v) is 9.80. The summed E-state index contributed by atoms with van der Waals surface area (Å²) in [6, 6.07) is 7.20. The van der Waals surface area contributed by atoms with Gasteiger partial charge in [0.2, 0.25) is 0 Å². The van der Waals surface area contributed by atoms with Crippen LogP contribution in [-0.4, -0.2) is 51.5 Å². The minimum atomic E-state index is -0.305. The van der Waals surface area contributed by atoms with Crippen molar-refractivity contribution in [2.75, 3.05) is 18.5 Å². The molecule has 38 heavy (non-hydrogen) atoms. The van der Waals surface area contributed by atoms with Crippen LogP contribution in [0.3, 0.4) is 0 Å². The second-order valence-corrected chi connectivity index (χ2v) is 13.2. The second kappa shape index (κ2) is 11.3. The molecule has 0 bridgehead atoms. The first-order valence-electron chi connectivity index (χ1n) is 13.6. The third kappa shape index (κ3) is 6.18. The maximum atomic E-state index is 12.0. The zero-order valence-corrected chi connectivity index (χ0v) is 23.5. The molecule has 0 radical (unpaired) electrons. The van der Waals surface area contributed by atoms with Crippen molar-refractivity contribution in [1.29, 1.82) is 0 Å². The molecule has 2 N–H and O–H groups in total. The maximum Gasteiger partial charge on any atom is 0.407 e. The molecular weight excluding hydrogens is 518 g/mol. The SMILES string of the molecule is CC(C)OC(=O)NC1CCC(c2ncc(-c3ccc(Nc4cnn(C5COC5)c4)cc3SC3CC3)s2)CC1. The molecule has 0 atom stereocenters. The van der Waals surface area contributed by atoms with Gasteiger partial charge in [0.15, 0.2) is 0 Å². The first kappa shape index (κ1) is 25.7. The van der Waals surface area contributed by atoms with E-state index >= 15 is 0 Å². The van der Waals surface area contributed by atoms with Crippen LogP contribution in [0.4, 0.5) is 16.2 Å². The highest BCUT2D eigenvalue weighted by Crippen LogP contribution is 2.46. The molecule has 3 heterocycles. The first-order valence-corrected chi connectivity index (χ1v) is 15.3. The number of thioether (sulfide) groups is 1. The molecular formula is C28H35N5O3S2. The monoisotopic (exact) mass is 553 g/mol. The van der Waals surface area contributed by atoms with E-state index in [0.717, 1.165) is 50.3 Å². The molecule has 3 fully saturated rings. The van der Waals surface area contributed by atoms with Gasteiger partial charge < -0.3 is 20.1 Å². The number of carbonyl (C=O) groups excluding carboxylic acids is 1. The van der Waals surface area contributed by atoms with Crippen molar-refractivity contribution < 1.29 is 14.3 Å². The number of thiazole rings is 1. The van der Waals surface area contributed by atoms with Crippen LogP contribution in [0.1, 0.15) is 69.3 Å². The van der Waals surface area contributed by atoms with E-state index in [9.17, 15) is 4.79 Å². The summed E-state index contributed by atoms with van der Waals surface area (Å²) in [6.45, 7) is 5.22. The smallest absolute Gasteiger partial charge is 0.407 e. The Hall–Kier alpha value is -2.56. The van der Waals surface area contributed by atoms with Gasteiger partial charge in [0.25, 0.3) is 0 Å². The number of hydrogen-bond donors (Lipinski definition) is 2. The Labute approximate surface area is 231 Å². The molecule has 3 aromatic rings. The fourth-order valence-corrected chi connectivity index (χ4v) is 7.33. The van der Waals surface area contributed by atoms with Crippen molar-refractivity contribution >= 4 is 40.6 Å². The van der Waals surface area contributed by atoms with E-state index in [2.05, 4.69) is 46.3 Å². The van der Waals surface area contributed by atoms with E-state index < -0.39 is 0 Å². The first-order chi connectivity index (χ1) is 18.5. The summed E-state index contributed by atoms with van der Waals surface area (Å²) >= 11 is 3.80. The molecule has 2 aromatic heterocycles. The Morgan fingerprint density at radius 2 is 1.95 bits per heavy atom. The van der Waals surface area contributed by atoms with Gasteiger partial charge in [0.1, 0.15) is 0 Å². The number of rotatable bonds is 9. The van der Waals surface area contributed by atoms with Crippen LogP contribution in [0, 0.1) is 0 Å². The fraction of sp³-hybridized carbons (Fsp3) is 0.536. The zero-order chi connectivity index (χ0) is 26.1. The minimum absolute atomic E-state index is 0.0978. The number of carbonyl (C=O) groups is 1. The highest BCUT2D eigenvalue weighted by Gasteiger charge is 2.28. The van der Waals surface area contributed by atoms with Gasteiger partial charge in [0, 0.05) is 45.7 Å². The van der Waals surface area contributed by atoms with E-state index in [1.165, 1.54) is 33.2 Å². The Kier molecular flexibility index (Phi) is 7.63. The van der Waals surface area contributed by atoms with Crippen LogP contribution in [0.2, 0.25) is 0 Å². The van der Waals surface area contributed by atoms with E-state index in [-0.39, 0.29) is 18.2 Å². The van der Waals surface area contributed by atoms with Crippen LogP contribution in [0.15, 0.2) is 41.7 Å². The molecule has 8 nitrogen and oxygen atoms in total. The number of amides is 1. The molecule has 1 saturated heterocycles. The van der Waals surface area contributed by atoms with Gasteiger partial charge in [-0.3, -0.25) is 4.68 Å². The summed E-state index contributed by atoms with van der Waals surface area (Å²) in [5.41, 5.74) is 3.34. The van der Waals surface area contributed by atoms with E-state index in [4.69, 9.17) is 14.5 Å². The Morgan fingerprint density at radius 3 is 2.66 bits per heavy atom. The molecule has 2 saturated carbocycles. The lowest BCUT2D eigenvalue weighted by Gasteiger charge is -2.28. The minimum Gasteiger partial charge on any atom is -0.447 e. The Morgan fingerprint density at radius 1 is 1.13 bits per heavy atom. The number of hydrogen-bond acceptors (Lipinski definition) is 8. The van der Waals surface area contributed by atoms with Crippen LogP contribution in [0.5, 0.6) is 0 Å². The quantitative estimate of drug-likeness (QED) is 0.303. The zero-order valence-electron chi connectivity index (χ0n) is 21.9. The predicted octanol–water partition coefficient (Wildman–Crippen LogP) is 6.74. The average molecular weight is 554 g/mol.